The van der Waals surface area contributed by atoms with E-state index in [0.717, 1.165) is 30.0 Å². The minimum Gasteiger partial charge on any atom is -0.323 e. The molecule has 0 spiro atoms. The summed E-state index contributed by atoms with van der Waals surface area (Å²) in [6, 6.07) is 4.57. The summed E-state index contributed by atoms with van der Waals surface area (Å²) in [7, 11) is 0. The molecular weight excluding hydrogens is 296 g/mol. The average Bonchev–Trinajstić information content (AvgIpc) is 2.92. The molecule has 1 aromatic heterocycles. The fourth-order valence-electron chi connectivity index (χ4n) is 1.78. The number of benzene rings is 1. The zero-order valence-corrected chi connectivity index (χ0v) is 12.5. The van der Waals surface area contributed by atoms with Crippen LogP contribution in [0.25, 0.3) is 0 Å². The first-order valence-corrected chi connectivity index (χ1v) is 7.34. The molecule has 0 N–H and O–H groups in total. The van der Waals surface area contributed by atoms with Gasteiger partial charge in [0.05, 0.1) is 4.90 Å². The van der Waals surface area contributed by atoms with Crippen molar-refractivity contribution in [2.45, 2.75) is 23.8 Å². The van der Waals surface area contributed by atoms with Gasteiger partial charge in [-0.25, -0.2) is 13.6 Å². The van der Waals surface area contributed by atoms with E-state index in [1.54, 1.807) is 11.0 Å². The molecule has 0 saturated heterocycles. The maximum atomic E-state index is 13.6. The minimum atomic E-state index is -0.522. The number of carbonyl (C=O) groups excluding carboxylic acids is 1. The predicted octanol–water partition coefficient (Wildman–Crippen LogP) is 3.62. The molecule has 21 heavy (non-hydrogen) atoms. The number of hydrogen-bond donors (Lipinski definition) is 0. The molecule has 1 amide bonds. The molecular formula is C14H15F2N3OS. The second-order valence-corrected chi connectivity index (χ2v) is 5.29. The van der Waals surface area contributed by atoms with Crippen LogP contribution in [-0.2, 0) is 0 Å². The molecule has 1 aromatic carbocycles. The van der Waals surface area contributed by atoms with E-state index in [0.29, 0.717) is 18.1 Å². The molecule has 2 aromatic rings. The van der Waals surface area contributed by atoms with Gasteiger partial charge in [0.1, 0.15) is 16.7 Å². The molecule has 0 aliphatic rings. The van der Waals surface area contributed by atoms with Crippen LogP contribution in [0.4, 0.5) is 13.6 Å². The second-order valence-electron chi connectivity index (χ2n) is 4.23. The Balaban J connectivity index is 2.17. The quantitative estimate of drug-likeness (QED) is 0.865. The van der Waals surface area contributed by atoms with Gasteiger partial charge in [-0.2, -0.15) is 9.78 Å². The lowest BCUT2D eigenvalue weighted by Crippen LogP contribution is -2.34. The molecule has 0 atom stereocenters. The van der Waals surface area contributed by atoms with Gasteiger partial charge < -0.3 is 4.90 Å². The van der Waals surface area contributed by atoms with E-state index in [1.165, 1.54) is 10.9 Å². The first-order valence-electron chi connectivity index (χ1n) is 6.53. The highest BCUT2D eigenvalue weighted by atomic mass is 32.2. The molecule has 0 saturated carbocycles. The van der Waals surface area contributed by atoms with Gasteiger partial charge in [-0.15, -0.1) is 0 Å². The highest BCUT2D eigenvalue weighted by molar-refractivity contribution is 7.99. The molecule has 0 aliphatic heterocycles. The fourth-order valence-corrected chi connectivity index (χ4v) is 2.60. The maximum absolute atomic E-state index is 13.6. The Kier molecular flexibility index (Phi) is 4.95. The molecule has 0 fully saturated rings. The number of halogens is 2. The van der Waals surface area contributed by atoms with Gasteiger partial charge in [-0.05, 0) is 38.1 Å². The van der Waals surface area contributed by atoms with Crippen LogP contribution in [0.5, 0.6) is 0 Å². The third-order valence-electron chi connectivity index (χ3n) is 2.90. The topological polar surface area (TPSA) is 38.1 Å². The molecule has 0 bridgehead atoms. The Morgan fingerprint density at radius 3 is 2.67 bits per heavy atom. The summed E-state index contributed by atoms with van der Waals surface area (Å²) in [5, 5.41) is 4.52. The summed E-state index contributed by atoms with van der Waals surface area (Å²) in [6.07, 6.45) is 1.51. The lowest BCUT2D eigenvalue weighted by Gasteiger charge is -2.17. The van der Waals surface area contributed by atoms with Gasteiger partial charge in [0, 0.05) is 19.3 Å². The van der Waals surface area contributed by atoms with E-state index in [9.17, 15) is 13.6 Å². The van der Waals surface area contributed by atoms with E-state index in [4.69, 9.17) is 0 Å². The van der Waals surface area contributed by atoms with Crippen molar-refractivity contribution in [3.05, 3.63) is 42.1 Å². The summed E-state index contributed by atoms with van der Waals surface area (Å²) < 4.78 is 27.9. The monoisotopic (exact) mass is 311 g/mol. The normalized spacial score (nSPS) is 10.7. The number of rotatable bonds is 4. The molecule has 0 radical (unpaired) electrons. The Labute approximate surface area is 125 Å². The van der Waals surface area contributed by atoms with Crippen molar-refractivity contribution in [3.63, 3.8) is 0 Å². The molecule has 7 heteroatoms. The van der Waals surface area contributed by atoms with Crippen LogP contribution in [0.1, 0.15) is 13.8 Å². The number of hydrogen-bond acceptors (Lipinski definition) is 3. The second kappa shape index (κ2) is 6.71. The van der Waals surface area contributed by atoms with Crippen molar-refractivity contribution in [1.82, 2.24) is 14.7 Å². The predicted molar refractivity (Wildman–Crippen MR) is 76.4 cm³/mol. The van der Waals surface area contributed by atoms with Crippen LogP contribution in [-0.4, -0.2) is 33.8 Å². The van der Waals surface area contributed by atoms with Crippen LogP contribution >= 0.6 is 11.8 Å². The smallest absolute Gasteiger partial charge is 0.323 e. The van der Waals surface area contributed by atoms with Gasteiger partial charge in [0.15, 0.2) is 0 Å². The van der Waals surface area contributed by atoms with Crippen LogP contribution in [0.3, 0.4) is 0 Å². The Bertz CT molecular complexity index is 641. The fraction of sp³-hybridized carbons (Fsp3) is 0.286. The summed E-state index contributed by atoms with van der Waals surface area (Å²) in [4.78, 5) is 13.8. The van der Waals surface area contributed by atoms with Crippen molar-refractivity contribution in [1.29, 1.82) is 0 Å². The molecule has 1 heterocycles. The average molecular weight is 311 g/mol. The summed E-state index contributed by atoms with van der Waals surface area (Å²) in [5.74, 6) is -1.04. The van der Waals surface area contributed by atoms with Crippen molar-refractivity contribution in [2.24, 2.45) is 0 Å². The molecule has 4 nitrogen and oxygen atoms in total. The highest BCUT2D eigenvalue weighted by Crippen LogP contribution is 2.29. The standard InChI is InChI=1S/C14H15F2N3OS/c1-3-18(4-2)14(20)19-8-7-13(17-19)21-12-9-10(15)5-6-11(12)16/h5-9H,3-4H2,1-2H3. The molecule has 0 aliphatic carbocycles. The Morgan fingerprint density at radius 1 is 1.29 bits per heavy atom. The first-order chi connectivity index (χ1) is 10.0. The maximum Gasteiger partial charge on any atom is 0.344 e. The lowest BCUT2D eigenvalue weighted by molar-refractivity contribution is 0.201. The van der Waals surface area contributed by atoms with Crippen LogP contribution in [0, 0.1) is 11.6 Å². The number of nitrogens with zero attached hydrogens (tertiary/aromatic N) is 3. The lowest BCUT2D eigenvalue weighted by atomic mass is 10.3. The highest BCUT2D eigenvalue weighted by Gasteiger charge is 2.14. The zero-order chi connectivity index (χ0) is 15.4. The van der Waals surface area contributed by atoms with Crippen LogP contribution in [0.15, 0.2) is 40.4 Å². The zero-order valence-electron chi connectivity index (χ0n) is 11.7. The Hall–Kier alpha value is -1.89. The van der Waals surface area contributed by atoms with E-state index < -0.39 is 11.6 Å². The number of amides is 1. The molecule has 112 valence electrons. The molecule has 0 unspecified atom stereocenters. The summed E-state index contributed by atoms with van der Waals surface area (Å²) in [5.41, 5.74) is 0. The van der Waals surface area contributed by atoms with Crippen molar-refractivity contribution < 1.29 is 13.6 Å². The number of aromatic nitrogens is 2. The van der Waals surface area contributed by atoms with Crippen molar-refractivity contribution >= 4 is 17.8 Å². The Morgan fingerprint density at radius 2 is 2.00 bits per heavy atom. The summed E-state index contributed by atoms with van der Waals surface area (Å²) >= 11 is 0.976. The number of carbonyl (C=O) groups is 1. The first kappa shape index (κ1) is 15.5. The third kappa shape index (κ3) is 3.60. The van der Waals surface area contributed by atoms with Gasteiger partial charge in [-0.1, -0.05) is 11.8 Å². The summed E-state index contributed by atoms with van der Waals surface area (Å²) in [6.45, 7) is 4.91. The minimum absolute atomic E-state index is 0.135. The van der Waals surface area contributed by atoms with Crippen molar-refractivity contribution in [2.75, 3.05) is 13.1 Å². The van der Waals surface area contributed by atoms with E-state index in [2.05, 4.69) is 5.10 Å². The van der Waals surface area contributed by atoms with Crippen LogP contribution in [0.2, 0.25) is 0 Å². The van der Waals surface area contributed by atoms with Gasteiger partial charge >= 0.3 is 6.03 Å². The van der Waals surface area contributed by atoms with Crippen molar-refractivity contribution in [3.8, 4) is 0 Å². The van der Waals surface area contributed by atoms with E-state index >= 15 is 0 Å². The van der Waals surface area contributed by atoms with Gasteiger partial charge in [-0.3, -0.25) is 0 Å². The third-order valence-corrected chi connectivity index (χ3v) is 3.86. The van der Waals surface area contributed by atoms with Gasteiger partial charge in [0.25, 0.3) is 0 Å². The van der Waals surface area contributed by atoms with Gasteiger partial charge in [0.2, 0.25) is 0 Å². The van der Waals surface area contributed by atoms with Crippen LogP contribution < -0.4 is 0 Å². The van der Waals surface area contributed by atoms with E-state index in [-0.39, 0.29) is 10.9 Å². The molecule has 2 rings (SSSR count). The largest absolute Gasteiger partial charge is 0.344 e. The van der Waals surface area contributed by atoms with E-state index in [1.807, 2.05) is 13.8 Å². The SMILES string of the molecule is CCN(CC)C(=O)n1ccc(Sc2cc(F)ccc2F)n1.